The normalized spacial score (nSPS) is 13.3. The van der Waals surface area contributed by atoms with Crippen LogP contribution in [0, 0.1) is 0 Å². The lowest BCUT2D eigenvalue weighted by atomic mass is 10.1. The number of aryl methyl sites for hydroxylation is 2. The van der Waals surface area contributed by atoms with Crippen LogP contribution in [0.1, 0.15) is 32.8 Å². The molecule has 7 heteroatoms. The first-order valence-electron chi connectivity index (χ1n) is 8.07. The van der Waals surface area contributed by atoms with Crippen molar-refractivity contribution in [3.63, 3.8) is 0 Å². The third kappa shape index (κ3) is 2.87. The lowest BCUT2D eigenvalue weighted by Gasteiger charge is -2.08. The molecule has 0 spiro atoms. The highest BCUT2D eigenvalue weighted by Gasteiger charge is 2.22. The smallest absolute Gasteiger partial charge is 0.262 e. The molecule has 0 saturated heterocycles. The molecule has 1 aliphatic carbocycles. The fourth-order valence-corrected chi connectivity index (χ4v) is 5.38. The monoisotopic (exact) mass is 371 g/mol. The van der Waals surface area contributed by atoms with Crippen molar-refractivity contribution in [2.24, 2.45) is 12.8 Å². The van der Waals surface area contributed by atoms with E-state index in [4.69, 9.17) is 10.7 Å². The van der Waals surface area contributed by atoms with Crippen molar-refractivity contribution in [1.82, 2.24) is 9.55 Å². The summed E-state index contributed by atoms with van der Waals surface area (Å²) in [5, 5.41) is 1.53. The van der Waals surface area contributed by atoms with Gasteiger partial charge in [0, 0.05) is 23.2 Å². The molecule has 2 aromatic heterocycles. The molecule has 3 aromatic rings. The number of thiophene rings is 1. The van der Waals surface area contributed by atoms with Crippen LogP contribution in [0.5, 0.6) is 0 Å². The van der Waals surface area contributed by atoms with E-state index in [0.717, 1.165) is 40.2 Å². The van der Waals surface area contributed by atoms with Gasteiger partial charge in [-0.15, -0.1) is 11.3 Å². The SMILES string of the molecule is Cn1c(SCc2ccc(C(N)=O)cc2)nc2sc3c(c2c1=O)CCC3. The molecule has 0 bridgehead atoms. The van der Waals surface area contributed by atoms with Gasteiger partial charge in [0.25, 0.3) is 5.56 Å². The zero-order valence-electron chi connectivity index (χ0n) is 13.7. The van der Waals surface area contributed by atoms with Gasteiger partial charge in [0.05, 0.1) is 5.39 Å². The number of carbonyl (C=O) groups excluding carboxylic acids is 1. The standard InChI is InChI=1S/C18H17N3O2S2/c1-21-17(23)14-12-3-2-4-13(12)25-16(14)20-18(21)24-9-10-5-7-11(8-6-10)15(19)22/h5-8H,2-4,9H2,1H3,(H2,19,22). The molecule has 1 amide bonds. The van der Waals surface area contributed by atoms with Gasteiger partial charge >= 0.3 is 0 Å². The van der Waals surface area contributed by atoms with Crippen LogP contribution in [-0.2, 0) is 25.6 Å². The Morgan fingerprint density at radius 2 is 2.08 bits per heavy atom. The molecule has 128 valence electrons. The van der Waals surface area contributed by atoms with Crippen LogP contribution in [0.15, 0.2) is 34.2 Å². The van der Waals surface area contributed by atoms with Gasteiger partial charge in [-0.1, -0.05) is 23.9 Å². The molecule has 1 aromatic carbocycles. The molecule has 0 unspecified atom stereocenters. The largest absolute Gasteiger partial charge is 0.366 e. The summed E-state index contributed by atoms with van der Waals surface area (Å²) in [5.41, 5.74) is 8.07. The third-order valence-corrected chi connectivity index (χ3v) is 6.80. The maximum atomic E-state index is 12.8. The van der Waals surface area contributed by atoms with Crippen molar-refractivity contribution in [2.75, 3.05) is 0 Å². The molecule has 0 aliphatic heterocycles. The molecule has 0 fully saturated rings. The van der Waals surface area contributed by atoms with Crippen molar-refractivity contribution < 1.29 is 4.79 Å². The van der Waals surface area contributed by atoms with Gasteiger partial charge in [0.15, 0.2) is 5.16 Å². The van der Waals surface area contributed by atoms with Gasteiger partial charge in [0.1, 0.15) is 4.83 Å². The van der Waals surface area contributed by atoms with Crippen LogP contribution < -0.4 is 11.3 Å². The van der Waals surface area contributed by atoms with E-state index < -0.39 is 5.91 Å². The van der Waals surface area contributed by atoms with E-state index in [1.54, 1.807) is 35.1 Å². The average Bonchev–Trinajstić information content (AvgIpc) is 3.17. The molecule has 25 heavy (non-hydrogen) atoms. The van der Waals surface area contributed by atoms with E-state index >= 15 is 0 Å². The molecular formula is C18H17N3O2S2. The van der Waals surface area contributed by atoms with E-state index in [2.05, 4.69) is 0 Å². The summed E-state index contributed by atoms with van der Waals surface area (Å²) in [4.78, 5) is 30.8. The van der Waals surface area contributed by atoms with Crippen LogP contribution in [-0.4, -0.2) is 15.5 Å². The molecule has 2 N–H and O–H groups in total. The lowest BCUT2D eigenvalue weighted by molar-refractivity contribution is 0.100. The lowest BCUT2D eigenvalue weighted by Crippen LogP contribution is -2.20. The van der Waals surface area contributed by atoms with E-state index in [9.17, 15) is 9.59 Å². The first-order chi connectivity index (χ1) is 12.0. The first kappa shape index (κ1) is 16.4. The number of aromatic nitrogens is 2. The number of fused-ring (bicyclic) bond motifs is 3. The second kappa shape index (κ2) is 6.31. The second-order valence-electron chi connectivity index (χ2n) is 6.15. The molecule has 4 rings (SSSR count). The van der Waals surface area contributed by atoms with E-state index in [1.807, 2.05) is 12.1 Å². The van der Waals surface area contributed by atoms with Gasteiger partial charge in [-0.3, -0.25) is 14.2 Å². The predicted molar refractivity (Wildman–Crippen MR) is 101 cm³/mol. The van der Waals surface area contributed by atoms with Crippen LogP contribution in [0.25, 0.3) is 10.2 Å². The zero-order chi connectivity index (χ0) is 17.6. The number of carbonyl (C=O) groups is 1. The Morgan fingerprint density at radius 1 is 1.32 bits per heavy atom. The van der Waals surface area contributed by atoms with Crippen molar-refractivity contribution in [3.05, 3.63) is 56.2 Å². The Bertz CT molecular complexity index is 1040. The van der Waals surface area contributed by atoms with Crippen molar-refractivity contribution in [1.29, 1.82) is 0 Å². The summed E-state index contributed by atoms with van der Waals surface area (Å²) in [7, 11) is 1.78. The molecular weight excluding hydrogens is 354 g/mol. The topological polar surface area (TPSA) is 78.0 Å². The summed E-state index contributed by atoms with van der Waals surface area (Å²) in [5.74, 6) is 0.245. The molecule has 0 atom stereocenters. The number of thioether (sulfide) groups is 1. The van der Waals surface area contributed by atoms with Gasteiger partial charge in [-0.2, -0.15) is 0 Å². The third-order valence-electron chi connectivity index (χ3n) is 4.51. The minimum atomic E-state index is -0.431. The number of nitrogens with two attached hydrogens (primary N) is 1. The number of hydrogen-bond donors (Lipinski definition) is 1. The van der Waals surface area contributed by atoms with Gasteiger partial charge < -0.3 is 5.73 Å². The van der Waals surface area contributed by atoms with Gasteiger partial charge in [-0.05, 0) is 42.5 Å². The van der Waals surface area contributed by atoms with Crippen molar-refractivity contribution in [2.45, 2.75) is 30.2 Å². The quantitative estimate of drug-likeness (QED) is 0.565. The van der Waals surface area contributed by atoms with E-state index in [1.165, 1.54) is 22.2 Å². The highest BCUT2D eigenvalue weighted by molar-refractivity contribution is 7.98. The Hall–Kier alpha value is -2.12. The van der Waals surface area contributed by atoms with Gasteiger partial charge in [0.2, 0.25) is 5.91 Å². The summed E-state index contributed by atoms with van der Waals surface area (Å²) >= 11 is 3.19. The highest BCUT2D eigenvalue weighted by Crippen LogP contribution is 2.35. The predicted octanol–water partition coefficient (Wildman–Crippen LogP) is 2.87. The minimum absolute atomic E-state index is 0.0518. The summed E-state index contributed by atoms with van der Waals surface area (Å²) in [6.45, 7) is 0. The van der Waals surface area contributed by atoms with Crippen LogP contribution in [0.3, 0.4) is 0 Å². The minimum Gasteiger partial charge on any atom is -0.366 e. The average molecular weight is 371 g/mol. The maximum absolute atomic E-state index is 12.8. The Morgan fingerprint density at radius 3 is 2.80 bits per heavy atom. The number of benzene rings is 1. The van der Waals surface area contributed by atoms with Crippen molar-refractivity contribution >= 4 is 39.2 Å². The number of hydrogen-bond acceptors (Lipinski definition) is 5. The number of primary amides is 1. The fraction of sp³-hybridized carbons (Fsp3) is 0.278. The van der Waals surface area contributed by atoms with Crippen molar-refractivity contribution in [3.8, 4) is 0 Å². The Labute approximate surface area is 152 Å². The highest BCUT2D eigenvalue weighted by atomic mass is 32.2. The van der Waals surface area contributed by atoms with Crippen LogP contribution >= 0.6 is 23.1 Å². The summed E-state index contributed by atoms with van der Waals surface area (Å²) in [6.07, 6.45) is 3.19. The molecule has 0 saturated carbocycles. The molecule has 0 radical (unpaired) electrons. The number of amides is 1. The maximum Gasteiger partial charge on any atom is 0.262 e. The molecule has 1 aliphatic rings. The molecule has 2 heterocycles. The van der Waals surface area contributed by atoms with E-state index in [0.29, 0.717) is 11.3 Å². The van der Waals surface area contributed by atoms with E-state index in [-0.39, 0.29) is 5.56 Å². The summed E-state index contributed by atoms with van der Waals surface area (Å²) < 4.78 is 1.65. The number of nitrogens with zero attached hydrogens (tertiary/aromatic N) is 2. The van der Waals surface area contributed by atoms with Gasteiger partial charge in [-0.25, -0.2) is 4.98 Å². The second-order valence-corrected chi connectivity index (χ2v) is 8.17. The summed E-state index contributed by atoms with van der Waals surface area (Å²) in [6, 6.07) is 7.20. The zero-order valence-corrected chi connectivity index (χ0v) is 15.4. The van der Waals surface area contributed by atoms with Crippen LogP contribution in [0.4, 0.5) is 0 Å². The Balaban J connectivity index is 1.62. The number of rotatable bonds is 4. The fourth-order valence-electron chi connectivity index (χ4n) is 3.15. The van der Waals surface area contributed by atoms with Crippen LogP contribution in [0.2, 0.25) is 0 Å². The Kier molecular flexibility index (Phi) is 4.13. The first-order valence-corrected chi connectivity index (χ1v) is 9.87. The molecule has 5 nitrogen and oxygen atoms in total.